The van der Waals surface area contributed by atoms with Crippen molar-refractivity contribution < 1.29 is 4.52 Å². The Labute approximate surface area is 127 Å². The summed E-state index contributed by atoms with van der Waals surface area (Å²) in [5.74, 6) is 1.04. The van der Waals surface area contributed by atoms with Crippen LogP contribution in [0.4, 0.5) is 0 Å². The first kappa shape index (κ1) is 14.2. The molecule has 0 aromatic carbocycles. The third-order valence-corrected chi connectivity index (χ3v) is 3.61. The Kier molecular flexibility index (Phi) is 4.66. The molecule has 0 radical (unpaired) electrons. The fraction of sp³-hybridized carbons (Fsp3) is 0.333. The highest BCUT2D eigenvalue weighted by Gasteiger charge is 2.17. The van der Waals surface area contributed by atoms with E-state index in [0.717, 1.165) is 8.95 Å². The van der Waals surface area contributed by atoms with Crippen molar-refractivity contribution in [2.24, 2.45) is 0 Å². The molecule has 5 nitrogen and oxygen atoms in total. The number of rotatable bonds is 4. The lowest BCUT2D eigenvalue weighted by atomic mass is 10.1. The van der Waals surface area contributed by atoms with Crippen molar-refractivity contribution in [1.82, 2.24) is 15.1 Å². The number of halogens is 2. The van der Waals surface area contributed by atoms with Crippen LogP contribution in [0.25, 0.3) is 11.5 Å². The Morgan fingerprint density at radius 1 is 1.47 bits per heavy atom. The lowest BCUT2D eigenvalue weighted by molar-refractivity contribution is 0.355. The van der Waals surface area contributed by atoms with Gasteiger partial charge in [-0.3, -0.25) is 4.98 Å². The van der Waals surface area contributed by atoms with Gasteiger partial charge in [-0.05, 0) is 44.3 Å². The van der Waals surface area contributed by atoms with Crippen LogP contribution in [-0.4, -0.2) is 15.1 Å². The topological polar surface area (TPSA) is 75.6 Å². The van der Waals surface area contributed by atoms with Gasteiger partial charge in [-0.1, -0.05) is 12.1 Å². The largest absolute Gasteiger partial charge is 0.339 e. The van der Waals surface area contributed by atoms with Gasteiger partial charge in [0.15, 0.2) is 0 Å². The van der Waals surface area contributed by atoms with Crippen molar-refractivity contribution in [1.29, 1.82) is 5.26 Å². The number of hydrogen-bond donors (Lipinski definition) is 0. The van der Waals surface area contributed by atoms with Crippen LogP contribution in [-0.2, 0) is 0 Å². The normalized spacial score (nSPS) is 12.1. The maximum Gasteiger partial charge on any atom is 0.229 e. The molecule has 0 aliphatic carbocycles. The predicted octanol–water partition coefficient (Wildman–Crippen LogP) is 4.06. The van der Waals surface area contributed by atoms with Crippen LogP contribution in [0, 0.1) is 11.3 Å². The van der Waals surface area contributed by atoms with Crippen LogP contribution < -0.4 is 0 Å². The molecule has 98 valence electrons. The van der Waals surface area contributed by atoms with E-state index in [-0.39, 0.29) is 5.92 Å². The third-order valence-electron chi connectivity index (χ3n) is 2.57. The van der Waals surface area contributed by atoms with E-state index in [0.29, 0.717) is 30.3 Å². The highest BCUT2D eigenvalue weighted by molar-refractivity contribution is 9.11. The van der Waals surface area contributed by atoms with Crippen molar-refractivity contribution in [3.63, 3.8) is 0 Å². The van der Waals surface area contributed by atoms with E-state index >= 15 is 0 Å². The summed E-state index contributed by atoms with van der Waals surface area (Å²) in [6.07, 6.45) is 2.85. The molecule has 0 fully saturated rings. The SMILES string of the molecule is CC(CCC#N)c1nc(-c2ncc(Br)cc2Br)no1. The number of nitriles is 1. The molecule has 19 heavy (non-hydrogen) atoms. The van der Waals surface area contributed by atoms with Crippen LogP contribution in [0.2, 0.25) is 0 Å². The second-order valence-electron chi connectivity index (χ2n) is 4.04. The van der Waals surface area contributed by atoms with Crippen molar-refractivity contribution in [2.75, 3.05) is 0 Å². The molecule has 0 saturated heterocycles. The molecule has 2 aromatic rings. The Hall–Kier alpha value is -1.26. The lowest BCUT2D eigenvalue weighted by Gasteiger charge is -2.01. The van der Waals surface area contributed by atoms with Gasteiger partial charge in [0, 0.05) is 27.5 Å². The van der Waals surface area contributed by atoms with Gasteiger partial charge < -0.3 is 4.52 Å². The summed E-state index contributed by atoms with van der Waals surface area (Å²) in [4.78, 5) is 8.58. The minimum absolute atomic E-state index is 0.0649. The average molecular weight is 386 g/mol. The molecule has 0 aliphatic heterocycles. The van der Waals surface area contributed by atoms with Crippen molar-refractivity contribution in [3.05, 3.63) is 27.1 Å². The zero-order valence-corrected chi connectivity index (χ0v) is 13.3. The first-order chi connectivity index (χ1) is 9.11. The van der Waals surface area contributed by atoms with Gasteiger partial charge in [0.25, 0.3) is 0 Å². The molecule has 0 saturated carbocycles. The molecule has 0 aliphatic rings. The van der Waals surface area contributed by atoms with E-state index in [1.54, 1.807) is 6.20 Å². The highest BCUT2D eigenvalue weighted by atomic mass is 79.9. The van der Waals surface area contributed by atoms with Gasteiger partial charge in [-0.25, -0.2) is 0 Å². The van der Waals surface area contributed by atoms with E-state index in [9.17, 15) is 0 Å². The Morgan fingerprint density at radius 3 is 2.95 bits per heavy atom. The first-order valence-electron chi connectivity index (χ1n) is 5.63. The van der Waals surface area contributed by atoms with Gasteiger partial charge in [0.05, 0.1) is 6.07 Å². The van der Waals surface area contributed by atoms with Crippen LogP contribution in [0.3, 0.4) is 0 Å². The molecule has 2 aromatic heterocycles. The summed E-state index contributed by atoms with van der Waals surface area (Å²) < 4.78 is 6.88. The third kappa shape index (κ3) is 3.39. The molecule has 2 rings (SSSR count). The second-order valence-corrected chi connectivity index (χ2v) is 5.81. The van der Waals surface area contributed by atoms with E-state index in [4.69, 9.17) is 9.78 Å². The van der Waals surface area contributed by atoms with Gasteiger partial charge in [0.1, 0.15) is 5.69 Å². The van der Waals surface area contributed by atoms with Crippen LogP contribution in [0.5, 0.6) is 0 Å². The predicted molar refractivity (Wildman–Crippen MR) is 76.2 cm³/mol. The molecular formula is C12H10Br2N4O. The van der Waals surface area contributed by atoms with E-state index in [1.165, 1.54) is 0 Å². The Balaban J connectivity index is 2.23. The zero-order valence-electron chi connectivity index (χ0n) is 10.1. The summed E-state index contributed by atoms with van der Waals surface area (Å²) >= 11 is 6.75. The molecule has 1 unspecified atom stereocenters. The van der Waals surface area contributed by atoms with E-state index in [2.05, 4.69) is 53.1 Å². The second kappa shape index (κ2) is 6.26. The molecule has 2 heterocycles. The highest BCUT2D eigenvalue weighted by Crippen LogP contribution is 2.28. The van der Waals surface area contributed by atoms with Gasteiger partial charge >= 0.3 is 0 Å². The van der Waals surface area contributed by atoms with Gasteiger partial charge in [-0.2, -0.15) is 10.2 Å². The van der Waals surface area contributed by atoms with Crippen LogP contribution >= 0.6 is 31.9 Å². The minimum atomic E-state index is 0.0649. The average Bonchev–Trinajstić information content (AvgIpc) is 2.85. The van der Waals surface area contributed by atoms with Crippen LogP contribution in [0.1, 0.15) is 31.6 Å². The van der Waals surface area contributed by atoms with Crippen molar-refractivity contribution >= 4 is 31.9 Å². The van der Waals surface area contributed by atoms with E-state index < -0.39 is 0 Å². The smallest absolute Gasteiger partial charge is 0.229 e. The summed E-state index contributed by atoms with van der Waals surface area (Å²) in [7, 11) is 0. The molecule has 0 amide bonds. The summed E-state index contributed by atoms with van der Waals surface area (Å²) in [6.45, 7) is 1.96. The van der Waals surface area contributed by atoms with Crippen LogP contribution in [0.15, 0.2) is 25.7 Å². The molecule has 0 N–H and O–H groups in total. The maximum absolute atomic E-state index is 8.57. The number of pyridine rings is 1. The van der Waals surface area contributed by atoms with Crippen molar-refractivity contribution in [2.45, 2.75) is 25.7 Å². The minimum Gasteiger partial charge on any atom is -0.339 e. The fourth-order valence-corrected chi connectivity index (χ4v) is 2.68. The quantitative estimate of drug-likeness (QED) is 0.792. The molecule has 0 bridgehead atoms. The standard InChI is InChI=1S/C12H10Br2N4O/c1-7(3-2-4-15)12-17-11(18-19-12)10-9(14)5-8(13)6-16-10/h5-7H,2-3H2,1H3. The Morgan fingerprint density at radius 2 is 2.26 bits per heavy atom. The first-order valence-corrected chi connectivity index (χ1v) is 7.22. The molecular weight excluding hydrogens is 376 g/mol. The fourth-order valence-electron chi connectivity index (χ4n) is 1.52. The number of aromatic nitrogens is 3. The number of nitrogens with zero attached hydrogens (tertiary/aromatic N) is 4. The number of hydrogen-bond acceptors (Lipinski definition) is 5. The summed E-state index contributed by atoms with van der Waals surface area (Å²) in [5, 5.41) is 12.5. The Bertz CT molecular complexity index is 620. The monoisotopic (exact) mass is 384 g/mol. The zero-order chi connectivity index (χ0) is 13.8. The van der Waals surface area contributed by atoms with Gasteiger partial charge in [-0.15, -0.1) is 0 Å². The van der Waals surface area contributed by atoms with Gasteiger partial charge in [0.2, 0.25) is 11.7 Å². The lowest BCUT2D eigenvalue weighted by Crippen LogP contribution is -1.94. The molecule has 7 heteroatoms. The van der Waals surface area contributed by atoms with E-state index in [1.807, 2.05) is 13.0 Å². The molecule has 0 spiro atoms. The summed E-state index contributed by atoms with van der Waals surface area (Å²) in [6, 6.07) is 3.98. The van der Waals surface area contributed by atoms with Crippen molar-refractivity contribution in [3.8, 4) is 17.6 Å². The maximum atomic E-state index is 8.57. The molecule has 1 atom stereocenters. The summed E-state index contributed by atoms with van der Waals surface area (Å²) in [5.41, 5.74) is 0.630.